The van der Waals surface area contributed by atoms with E-state index in [2.05, 4.69) is 91.0 Å². The highest BCUT2D eigenvalue weighted by atomic mass is 31.2. The third-order valence-corrected chi connectivity index (χ3v) is 11.5. The average molecular weight is 470 g/mol. The molecule has 0 atom stereocenters. The number of benzene rings is 4. The molecule has 34 heavy (non-hydrogen) atoms. The van der Waals surface area contributed by atoms with Gasteiger partial charge in [-0.2, -0.15) is 0 Å². The summed E-state index contributed by atoms with van der Waals surface area (Å²) < 4.78 is 0. The molecule has 0 spiro atoms. The molecule has 4 rings (SSSR count). The molecule has 0 saturated carbocycles. The third kappa shape index (κ3) is 4.88. The zero-order valence-electron chi connectivity index (χ0n) is 20.1. The first-order chi connectivity index (χ1) is 16.5. The molecule has 0 radical (unpaired) electrons. The van der Waals surface area contributed by atoms with Gasteiger partial charge in [-0.25, -0.2) is 0 Å². The van der Waals surface area contributed by atoms with Crippen LogP contribution in [0.15, 0.2) is 97.1 Å². The fourth-order valence-corrected chi connectivity index (χ4v) is 9.28. The van der Waals surface area contributed by atoms with Crippen LogP contribution in [-0.4, -0.2) is 16.4 Å². The van der Waals surface area contributed by atoms with E-state index in [0.29, 0.717) is 5.75 Å². The molecule has 3 heteroatoms. The van der Waals surface area contributed by atoms with Crippen molar-refractivity contribution in [1.82, 2.24) is 0 Å². The molecule has 2 nitrogen and oxygen atoms in total. The van der Waals surface area contributed by atoms with Crippen molar-refractivity contribution in [3.05, 3.63) is 114 Å². The van der Waals surface area contributed by atoms with Crippen LogP contribution < -0.4 is 15.9 Å². The van der Waals surface area contributed by atoms with Gasteiger partial charge in [0, 0.05) is 0 Å². The van der Waals surface area contributed by atoms with Crippen LogP contribution in [0.2, 0.25) is 0 Å². The second-order valence-corrected chi connectivity index (χ2v) is 12.6. The van der Waals surface area contributed by atoms with Gasteiger partial charge in [0.15, 0.2) is 0 Å². The molecule has 174 valence electrons. The van der Waals surface area contributed by atoms with E-state index in [4.69, 9.17) is 0 Å². The second-order valence-electron chi connectivity index (χ2n) is 9.00. The summed E-state index contributed by atoms with van der Waals surface area (Å²) in [5, 5.41) is 25.0. The summed E-state index contributed by atoms with van der Waals surface area (Å²) >= 11 is 0. The van der Waals surface area contributed by atoms with Crippen LogP contribution in [-0.2, 0) is 6.42 Å². The summed E-state index contributed by atoms with van der Waals surface area (Å²) in [5.74, 6) is 0.600. The third-order valence-electron chi connectivity index (χ3n) is 6.95. The zero-order chi connectivity index (χ0) is 24.0. The van der Waals surface area contributed by atoms with Crippen molar-refractivity contribution >= 4 is 23.2 Å². The lowest BCUT2D eigenvalue weighted by Gasteiger charge is -2.27. The van der Waals surface area contributed by atoms with Gasteiger partial charge >= 0.3 is 0 Å². The van der Waals surface area contributed by atoms with Crippen molar-refractivity contribution < 1.29 is 10.2 Å². The molecule has 0 aromatic heterocycles. The number of hydrogen-bond donors (Lipinski definition) is 2. The number of hydrogen-bond acceptors (Lipinski definition) is 2. The fourth-order valence-electron chi connectivity index (χ4n) is 4.87. The highest BCUT2D eigenvalue weighted by Crippen LogP contribution is 2.56. The quantitative estimate of drug-likeness (QED) is 0.169. The second kappa shape index (κ2) is 10.9. The molecule has 0 saturated heterocycles. The van der Waals surface area contributed by atoms with Gasteiger partial charge in [-0.15, -0.1) is 0 Å². The normalized spacial score (nSPS) is 11.5. The van der Waals surface area contributed by atoms with E-state index in [-0.39, 0.29) is 5.75 Å². The fraction of sp³-hybridized carbons (Fsp3) is 0.226. The van der Waals surface area contributed by atoms with Crippen LogP contribution in [0.3, 0.4) is 0 Å². The van der Waals surface area contributed by atoms with Crippen molar-refractivity contribution in [3.63, 3.8) is 0 Å². The highest BCUT2D eigenvalue weighted by molar-refractivity contribution is 7.95. The van der Waals surface area contributed by atoms with Crippen molar-refractivity contribution in [2.45, 2.75) is 39.5 Å². The summed E-state index contributed by atoms with van der Waals surface area (Å²) in [6.07, 6.45) is 5.03. The van der Waals surface area contributed by atoms with Gasteiger partial charge in [0.05, 0.1) is 6.16 Å². The molecule has 0 aliphatic heterocycles. The number of unbranched alkanes of at least 4 members (excludes halogenated alkanes) is 2. The molecular weight excluding hydrogens is 435 g/mol. The molecule has 0 bridgehead atoms. The van der Waals surface area contributed by atoms with E-state index in [1.54, 1.807) is 6.07 Å². The van der Waals surface area contributed by atoms with E-state index >= 15 is 0 Å². The van der Waals surface area contributed by atoms with E-state index in [1.807, 2.05) is 13.8 Å². The first-order valence-corrected chi connectivity index (χ1v) is 14.1. The first kappa shape index (κ1) is 24.0. The largest absolute Gasteiger partial charge is 0.508 e. The highest BCUT2D eigenvalue weighted by Gasteiger charge is 2.44. The molecule has 2 N–H and O–H groups in total. The molecule has 0 heterocycles. The van der Waals surface area contributed by atoms with Crippen LogP contribution in [0.5, 0.6) is 11.5 Å². The maximum absolute atomic E-state index is 10.5. The van der Waals surface area contributed by atoms with Gasteiger partial charge in [0.2, 0.25) is 0 Å². The van der Waals surface area contributed by atoms with Crippen LogP contribution in [0, 0.1) is 13.8 Å². The minimum Gasteiger partial charge on any atom is -0.508 e. The molecule has 0 aliphatic rings. The predicted molar refractivity (Wildman–Crippen MR) is 147 cm³/mol. The van der Waals surface area contributed by atoms with E-state index in [9.17, 15) is 10.2 Å². The van der Waals surface area contributed by atoms with Crippen LogP contribution in [0.25, 0.3) is 0 Å². The molecule has 0 amide bonds. The topological polar surface area (TPSA) is 40.5 Å². The minimum absolute atomic E-state index is 0.271. The summed E-state index contributed by atoms with van der Waals surface area (Å²) in [6.45, 7) is 3.71. The molecule has 4 aromatic rings. The Balaban J connectivity index is 1.58. The maximum Gasteiger partial charge on any atom is 0.122 e. The first-order valence-electron chi connectivity index (χ1n) is 12.1. The summed E-state index contributed by atoms with van der Waals surface area (Å²) in [6, 6.07) is 34.7. The van der Waals surface area contributed by atoms with E-state index in [1.165, 1.54) is 15.9 Å². The molecular formula is C31H34O2P+. The Morgan fingerprint density at radius 1 is 0.588 bits per heavy atom. The number of aromatic hydroxyl groups is 2. The molecule has 0 unspecified atom stereocenters. The van der Waals surface area contributed by atoms with Gasteiger partial charge in [-0.3, -0.25) is 0 Å². The Morgan fingerprint density at radius 3 is 1.53 bits per heavy atom. The van der Waals surface area contributed by atoms with Crippen molar-refractivity contribution in [2.75, 3.05) is 6.16 Å². The Bertz CT molecular complexity index is 1110. The lowest BCUT2D eigenvalue weighted by atomic mass is 9.99. The monoisotopic (exact) mass is 469 g/mol. The number of rotatable bonds is 9. The number of phenolic OH excluding ortho intramolecular Hbond substituents is 2. The standard InChI is InChI=1S/C31H33O2P/c1-24-25(2)31(33)26(23-30(24)32)15-7-6-14-22-34(27-16-8-3-9-17-27,28-18-10-4-11-19-28)29-20-12-5-13-21-29/h3-5,8-13,16-21,23H,6-7,14-15,22H2,1-2H3,(H-,32,33)/p+1. The van der Waals surface area contributed by atoms with Crippen LogP contribution in [0.1, 0.15) is 36.0 Å². The van der Waals surface area contributed by atoms with Crippen molar-refractivity contribution in [2.24, 2.45) is 0 Å². The van der Waals surface area contributed by atoms with E-state index < -0.39 is 7.26 Å². The zero-order valence-corrected chi connectivity index (χ0v) is 21.0. The van der Waals surface area contributed by atoms with Crippen molar-refractivity contribution in [1.29, 1.82) is 0 Å². The number of aryl methyl sites for hydroxylation is 1. The Hall–Kier alpha value is -3.09. The number of phenols is 2. The van der Waals surface area contributed by atoms with E-state index in [0.717, 1.165) is 48.5 Å². The van der Waals surface area contributed by atoms with Crippen LogP contribution in [0.4, 0.5) is 0 Å². The van der Waals surface area contributed by atoms with Crippen LogP contribution >= 0.6 is 7.26 Å². The predicted octanol–water partition coefficient (Wildman–Crippen LogP) is 6.42. The van der Waals surface area contributed by atoms with Gasteiger partial charge < -0.3 is 10.2 Å². The maximum atomic E-state index is 10.5. The Labute approximate surface area is 204 Å². The van der Waals surface area contributed by atoms with Gasteiger partial charge in [-0.05, 0) is 98.7 Å². The SMILES string of the molecule is Cc1c(O)cc(CCCCC[P+](c2ccccc2)(c2ccccc2)c2ccccc2)c(O)c1C. The van der Waals surface area contributed by atoms with Crippen molar-refractivity contribution in [3.8, 4) is 11.5 Å². The van der Waals surface area contributed by atoms with Gasteiger partial charge in [0.1, 0.15) is 34.7 Å². The average Bonchev–Trinajstić information content (AvgIpc) is 2.89. The lowest BCUT2D eigenvalue weighted by Crippen LogP contribution is -2.33. The summed E-state index contributed by atoms with van der Waals surface area (Å²) in [4.78, 5) is 0. The Morgan fingerprint density at radius 2 is 1.06 bits per heavy atom. The van der Waals surface area contributed by atoms with Gasteiger partial charge in [-0.1, -0.05) is 54.6 Å². The smallest absolute Gasteiger partial charge is 0.122 e. The Kier molecular flexibility index (Phi) is 7.70. The lowest BCUT2D eigenvalue weighted by molar-refractivity contribution is 0.446. The molecule has 0 aliphatic carbocycles. The summed E-state index contributed by atoms with van der Waals surface area (Å²) in [7, 11) is -1.79. The molecule has 4 aromatic carbocycles. The molecule has 0 fully saturated rings. The van der Waals surface area contributed by atoms with Gasteiger partial charge in [0.25, 0.3) is 0 Å². The summed E-state index contributed by atoms with van der Waals surface area (Å²) in [5.41, 5.74) is 2.37. The minimum atomic E-state index is -1.79.